The molecule has 0 spiro atoms. The second-order valence-corrected chi connectivity index (χ2v) is 8.05. The van der Waals surface area contributed by atoms with Gasteiger partial charge in [-0.1, -0.05) is 13.8 Å². The van der Waals surface area contributed by atoms with Crippen molar-refractivity contribution < 1.29 is 32.7 Å². The van der Waals surface area contributed by atoms with Crippen LogP contribution in [0.1, 0.15) is 34.1 Å². The zero-order valence-corrected chi connectivity index (χ0v) is 15.5. The van der Waals surface area contributed by atoms with Gasteiger partial charge in [-0.05, 0) is 13.8 Å². The Labute approximate surface area is 141 Å². The van der Waals surface area contributed by atoms with Crippen LogP contribution in [0.2, 0.25) is 0 Å². The molecule has 0 saturated carbocycles. The number of esters is 1. The Morgan fingerprint density at radius 3 is 2.54 bits per heavy atom. The topological polar surface area (TPSA) is 120 Å². The molecule has 0 radical (unpaired) electrons. The molecule has 1 aliphatic rings. The molecule has 1 heterocycles. The molecular formula is C14H25N2O7P. The van der Waals surface area contributed by atoms with Crippen molar-refractivity contribution in [3.63, 3.8) is 0 Å². The van der Waals surface area contributed by atoms with E-state index in [1.165, 1.54) is 21.0 Å². The number of hydrogen-bond acceptors (Lipinski definition) is 7. The lowest BCUT2D eigenvalue weighted by Gasteiger charge is -2.40. The van der Waals surface area contributed by atoms with Gasteiger partial charge < -0.3 is 10.1 Å². The van der Waals surface area contributed by atoms with Gasteiger partial charge in [0.1, 0.15) is 5.78 Å². The van der Waals surface area contributed by atoms with Crippen molar-refractivity contribution in [2.75, 3.05) is 20.3 Å². The molecule has 2 N–H and O–H groups in total. The average molecular weight is 364 g/mol. The first kappa shape index (κ1) is 20.8. The maximum Gasteiger partial charge on any atom is 0.406 e. The number of methoxy groups -OCH3 is 1. The van der Waals surface area contributed by atoms with Crippen LogP contribution in [0, 0.1) is 5.41 Å². The second-order valence-electron chi connectivity index (χ2n) is 6.32. The Bertz CT molecular complexity index is 549. The summed E-state index contributed by atoms with van der Waals surface area (Å²) in [7, 11) is -2.54. The van der Waals surface area contributed by atoms with Crippen LogP contribution >= 0.6 is 7.75 Å². The number of carbonyl (C=O) groups excluding carboxylic acids is 3. The van der Waals surface area contributed by atoms with E-state index in [0.29, 0.717) is 0 Å². The van der Waals surface area contributed by atoms with Crippen molar-refractivity contribution in [1.82, 2.24) is 10.4 Å². The summed E-state index contributed by atoms with van der Waals surface area (Å²) in [6.07, 6.45) is -1.04. The standard InChI is InChI=1S/C14H25N2O7P/c1-9(10(2)17)16-24(20)22-8-14(3,4)12(23-24)13(19)15-7-6-11(18)21-5/h9,12H,6-8H2,1-5H3,(H,15,19)(H,16,20)/t9-,12-,24?/m0/s1. The highest BCUT2D eigenvalue weighted by atomic mass is 31.2. The summed E-state index contributed by atoms with van der Waals surface area (Å²) < 4.78 is 27.8. The lowest BCUT2D eigenvalue weighted by molar-refractivity contribution is -0.141. The molecule has 1 fully saturated rings. The number of Topliss-reactive ketones (excluding diaryl/α,β-unsaturated/α-hetero) is 1. The monoisotopic (exact) mass is 364 g/mol. The van der Waals surface area contributed by atoms with Crippen LogP contribution in [-0.2, 0) is 32.7 Å². The van der Waals surface area contributed by atoms with Crippen LogP contribution in [0.15, 0.2) is 0 Å². The second kappa shape index (κ2) is 8.20. The Morgan fingerprint density at radius 1 is 1.38 bits per heavy atom. The molecule has 0 aromatic carbocycles. The van der Waals surface area contributed by atoms with E-state index in [1.54, 1.807) is 13.8 Å². The lowest BCUT2D eigenvalue weighted by Crippen LogP contribution is -2.51. The summed E-state index contributed by atoms with van der Waals surface area (Å²) in [5, 5.41) is 5.06. The van der Waals surface area contributed by atoms with E-state index in [4.69, 9.17) is 9.05 Å². The predicted molar refractivity (Wildman–Crippen MR) is 85.1 cm³/mol. The Morgan fingerprint density at radius 2 is 2.00 bits per heavy atom. The number of nitrogens with one attached hydrogen (secondary N) is 2. The lowest BCUT2D eigenvalue weighted by atomic mass is 9.87. The van der Waals surface area contributed by atoms with E-state index in [1.807, 2.05) is 0 Å². The van der Waals surface area contributed by atoms with Gasteiger partial charge in [0.15, 0.2) is 6.10 Å². The molecule has 0 aliphatic carbocycles. The molecule has 1 aliphatic heterocycles. The summed E-state index contributed by atoms with van der Waals surface area (Å²) >= 11 is 0. The van der Waals surface area contributed by atoms with Gasteiger partial charge in [0, 0.05) is 12.0 Å². The maximum atomic E-state index is 12.6. The molecule has 0 aromatic heterocycles. The molecular weight excluding hydrogens is 339 g/mol. The zero-order chi connectivity index (χ0) is 18.5. The molecule has 1 rings (SSSR count). The van der Waals surface area contributed by atoms with Gasteiger partial charge in [0.25, 0.3) is 0 Å². The Hall–Kier alpha value is -1.28. The number of hydrogen-bond donors (Lipinski definition) is 2. The maximum absolute atomic E-state index is 12.6. The smallest absolute Gasteiger partial charge is 0.406 e. The zero-order valence-electron chi connectivity index (χ0n) is 14.6. The highest BCUT2D eigenvalue weighted by Gasteiger charge is 2.48. The van der Waals surface area contributed by atoms with E-state index in [-0.39, 0.29) is 25.4 Å². The van der Waals surface area contributed by atoms with Gasteiger partial charge in [-0.3, -0.25) is 23.4 Å². The van der Waals surface area contributed by atoms with Crippen molar-refractivity contribution >= 4 is 25.4 Å². The molecule has 0 aromatic rings. The average Bonchev–Trinajstić information content (AvgIpc) is 2.49. The van der Waals surface area contributed by atoms with Crippen molar-refractivity contribution in [2.45, 2.75) is 46.3 Å². The van der Waals surface area contributed by atoms with E-state index in [2.05, 4.69) is 15.1 Å². The first-order chi connectivity index (χ1) is 11.0. The summed E-state index contributed by atoms with van der Waals surface area (Å²) in [6, 6.07) is -0.736. The largest absolute Gasteiger partial charge is 0.469 e. The summed E-state index contributed by atoms with van der Waals surface area (Å²) in [5.74, 6) is -1.20. The minimum absolute atomic E-state index is 0.0109. The predicted octanol–water partition coefficient (Wildman–Crippen LogP) is 0.782. The summed E-state index contributed by atoms with van der Waals surface area (Å²) in [5.41, 5.74) is -0.732. The molecule has 9 nitrogen and oxygen atoms in total. The van der Waals surface area contributed by atoms with Crippen molar-refractivity contribution in [3.8, 4) is 0 Å². The van der Waals surface area contributed by atoms with E-state index in [0.717, 1.165) is 0 Å². The van der Waals surface area contributed by atoms with Crippen LogP contribution in [-0.4, -0.2) is 50.1 Å². The third kappa shape index (κ3) is 5.66. The molecule has 1 amide bonds. The molecule has 1 unspecified atom stereocenters. The quantitative estimate of drug-likeness (QED) is 0.502. The number of carbonyl (C=O) groups is 3. The molecule has 10 heteroatoms. The highest BCUT2D eigenvalue weighted by molar-refractivity contribution is 7.51. The SMILES string of the molecule is COC(=O)CCNC(=O)[C@@H]1OP(=O)(N[C@@H](C)C(C)=O)OCC1(C)C. The highest BCUT2D eigenvalue weighted by Crippen LogP contribution is 2.53. The fourth-order valence-electron chi connectivity index (χ4n) is 1.92. The van der Waals surface area contributed by atoms with E-state index >= 15 is 0 Å². The Kier molecular flexibility index (Phi) is 7.10. The summed E-state index contributed by atoms with van der Waals surface area (Å²) in [6.45, 7) is 6.42. The van der Waals surface area contributed by atoms with Crippen molar-refractivity contribution in [3.05, 3.63) is 0 Å². The van der Waals surface area contributed by atoms with Gasteiger partial charge >= 0.3 is 13.7 Å². The van der Waals surface area contributed by atoms with Gasteiger partial charge in [0.05, 0.1) is 26.2 Å². The van der Waals surface area contributed by atoms with Gasteiger partial charge in [-0.15, -0.1) is 0 Å². The number of rotatable bonds is 7. The van der Waals surface area contributed by atoms with Gasteiger partial charge in [-0.2, -0.15) is 0 Å². The number of ketones is 1. The normalized spacial score (nSPS) is 27.1. The van der Waals surface area contributed by atoms with Gasteiger partial charge in [-0.25, -0.2) is 9.65 Å². The van der Waals surface area contributed by atoms with Crippen LogP contribution in [0.3, 0.4) is 0 Å². The van der Waals surface area contributed by atoms with Gasteiger partial charge in [0.2, 0.25) is 5.91 Å². The van der Waals surface area contributed by atoms with E-state index < -0.39 is 37.2 Å². The minimum Gasteiger partial charge on any atom is -0.469 e. The van der Waals surface area contributed by atoms with Crippen LogP contribution in [0.4, 0.5) is 0 Å². The Balaban J connectivity index is 2.75. The molecule has 1 saturated heterocycles. The number of ether oxygens (including phenoxy) is 1. The molecule has 0 bridgehead atoms. The van der Waals surface area contributed by atoms with Crippen LogP contribution in [0.25, 0.3) is 0 Å². The van der Waals surface area contributed by atoms with E-state index in [9.17, 15) is 18.9 Å². The fraction of sp³-hybridized carbons (Fsp3) is 0.786. The third-order valence-corrected chi connectivity index (χ3v) is 5.28. The molecule has 138 valence electrons. The van der Waals surface area contributed by atoms with Crippen LogP contribution < -0.4 is 10.4 Å². The van der Waals surface area contributed by atoms with Crippen LogP contribution in [0.5, 0.6) is 0 Å². The molecule has 24 heavy (non-hydrogen) atoms. The number of amides is 1. The first-order valence-electron chi connectivity index (χ1n) is 7.56. The fourth-order valence-corrected chi connectivity index (χ4v) is 3.93. The third-order valence-electron chi connectivity index (χ3n) is 3.62. The van der Waals surface area contributed by atoms with Crippen molar-refractivity contribution in [1.29, 1.82) is 0 Å². The molecule has 3 atom stereocenters. The minimum atomic E-state index is -3.79. The summed E-state index contributed by atoms with van der Waals surface area (Å²) in [4.78, 5) is 34.7. The first-order valence-corrected chi connectivity index (χ1v) is 9.11. The van der Waals surface area contributed by atoms with Crippen molar-refractivity contribution in [2.24, 2.45) is 5.41 Å².